The van der Waals surface area contributed by atoms with Gasteiger partial charge < -0.3 is 15.4 Å². The first-order valence-corrected chi connectivity index (χ1v) is 11.3. The second-order valence-corrected chi connectivity index (χ2v) is 9.07. The Labute approximate surface area is 197 Å². The molecule has 0 saturated carbocycles. The number of hydrogen-bond donors (Lipinski definition) is 3. The molecule has 3 N–H and O–H groups in total. The minimum Gasteiger partial charge on any atom is -0.456 e. The second kappa shape index (κ2) is 9.52. The van der Waals surface area contributed by atoms with Crippen LogP contribution in [0.1, 0.15) is 0 Å². The molecule has 3 aromatic rings. The number of benzene rings is 3. The average Bonchev–Trinajstić information content (AvgIpc) is 2.67. The van der Waals surface area contributed by atoms with Crippen LogP contribution in [0.3, 0.4) is 0 Å². The maximum atomic E-state index is 12.3. The van der Waals surface area contributed by atoms with Crippen molar-refractivity contribution in [2.75, 3.05) is 10.6 Å². The smallest absolute Gasteiger partial charge is 0.323 e. The quantitative estimate of drug-likeness (QED) is 0.314. The van der Waals surface area contributed by atoms with Crippen molar-refractivity contribution in [2.24, 2.45) is 0 Å². The molecule has 0 aliphatic heterocycles. The number of nitrogens with one attached hydrogen (secondary N) is 2. The number of carbonyl (C=O) groups excluding carboxylic acids is 1. The number of urea groups is 1. The number of rotatable bonds is 5. The van der Waals surface area contributed by atoms with E-state index in [-0.39, 0.29) is 20.8 Å². The zero-order valence-corrected chi connectivity index (χ0v) is 19.0. The first-order chi connectivity index (χ1) is 14.5. The molecule has 12 heteroatoms. The Kier molecular flexibility index (Phi) is 7.20. The summed E-state index contributed by atoms with van der Waals surface area (Å²) in [5, 5.41) is 5.42. The van der Waals surface area contributed by atoms with Gasteiger partial charge in [0.25, 0.3) is 10.1 Å². The summed E-state index contributed by atoms with van der Waals surface area (Å²) < 4.78 is 38.1. The molecule has 3 aromatic carbocycles. The van der Waals surface area contributed by atoms with E-state index in [1.54, 1.807) is 24.3 Å². The van der Waals surface area contributed by atoms with Crippen LogP contribution >= 0.6 is 46.4 Å². The molecule has 0 unspecified atom stereocenters. The molecule has 7 nitrogen and oxygen atoms in total. The Hall–Kier alpha value is -2.20. The molecule has 2 amide bonds. The van der Waals surface area contributed by atoms with Gasteiger partial charge in [-0.15, -0.1) is 0 Å². The highest BCUT2D eigenvalue weighted by Crippen LogP contribution is 2.33. The van der Waals surface area contributed by atoms with Gasteiger partial charge in [0.2, 0.25) is 0 Å². The van der Waals surface area contributed by atoms with Crippen LogP contribution in [-0.2, 0) is 10.1 Å². The lowest BCUT2D eigenvalue weighted by molar-refractivity contribution is 0.262. The van der Waals surface area contributed by atoms with E-state index in [0.29, 0.717) is 22.2 Å². The largest absolute Gasteiger partial charge is 0.456 e. The highest BCUT2D eigenvalue weighted by Gasteiger charge is 2.20. The molecule has 0 atom stereocenters. The molecule has 0 heterocycles. The van der Waals surface area contributed by atoms with Crippen LogP contribution in [0, 0.1) is 0 Å². The monoisotopic (exact) mass is 520 g/mol. The van der Waals surface area contributed by atoms with E-state index in [1.807, 2.05) is 0 Å². The maximum absolute atomic E-state index is 12.3. The van der Waals surface area contributed by atoms with E-state index < -0.39 is 21.0 Å². The van der Waals surface area contributed by atoms with Crippen LogP contribution in [0.25, 0.3) is 0 Å². The van der Waals surface area contributed by atoms with Gasteiger partial charge in [-0.3, -0.25) is 4.55 Å². The molecule has 0 saturated heterocycles. The molecule has 0 aliphatic rings. The second-order valence-electron chi connectivity index (χ2n) is 6.02. The van der Waals surface area contributed by atoms with Gasteiger partial charge in [0.05, 0.1) is 20.8 Å². The van der Waals surface area contributed by atoms with Crippen LogP contribution in [0.4, 0.5) is 16.2 Å². The first kappa shape index (κ1) is 23.5. The lowest BCUT2D eigenvalue weighted by Crippen LogP contribution is -2.21. The highest BCUT2D eigenvalue weighted by atomic mass is 35.5. The fourth-order valence-electron chi connectivity index (χ4n) is 2.42. The Balaban J connectivity index is 1.75. The van der Waals surface area contributed by atoms with E-state index in [0.717, 1.165) is 12.1 Å². The number of anilines is 2. The molecule has 0 aromatic heterocycles. The van der Waals surface area contributed by atoms with Crippen molar-refractivity contribution in [3.05, 3.63) is 74.7 Å². The molecule has 0 bridgehead atoms. The van der Waals surface area contributed by atoms with Gasteiger partial charge in [0, 0.05) is 10.7 Å². The number of halogens is 4. The molecular weight excluding hydrogens is 510 g/mol. The molecular formula is C19H12Cl4N2O5S. The number of ether oxygens (including phenoxy) is 1. The summed E-state index contributed by atoms with van der Waals surface area (Å²) in [5.41, 5.74) is 0.0302. The number of amides is 2. The third-order valence-electron chi connectivity index (χ3n) is 3.78. The third-order valence-corrected chi connectivity index (χ3v) is 5.94. The SMILES string of the molecule is O=C(Nc1ccc(Oc2ccc(Cl)cc2)c(Cl)c1)Nc1cc(Cl)c(Cl)cc1S(=O)(=O)O. The van der Waals surface area contributed by atoms with Crippen molar-refractivity contribution in [1.29, 1.82) is 0 Å². The Morgan fingerprint density at radius 3 is 2.10 bits per heavy atom. The van der Waals surface area contributed by atoms with Crippen LogP contribution in [0.2, 0.25) is 20.1 Å². The van der Waals surface area contributed by atoms with E-state index in [4.69, 9.17) is 51.1 Å². The average molecular weight is 522 g/mol. The van der Waals surface area contributed by atoms with Gasteiger partial charge in [0.1, 0.15) is 16.4 Å². The molecule has 0 aliphatic carbocycles. The van der Waals surface area contributed by atoms with Gasteiger partial charge in [-0.25, -0.2) is 4.79 Å². The van der Waals surface area contributed by atoms with Crippen LogP contribution in [-0.4, -0.2) is 19.0 Å². The van der Waals surface area contributed by atoms with Crippen molar-refractivity contribution >= 4 is 73.9 Å². The van der Waals surface area contributed by atoms with E-state index >= 15 is 0 Å². The van der Waals surface area contributed by atoms with E-state index in [9.17, 15) is 17.8 Å². The minimum atomic E-state index is -4.67. The number of carbonyl (C=O) groups is 1. The summed E-state index contributed by atoms with van der Waals surface area (Å²) in [7, 11) is -4.67. The standard InChI is InChI=1S/C19H12Cl4N2O5S/c20-10-1-4-12(5-2-10)30-17-6-3-11(7-15(17)23)24-19(26)25-16-8-13(21)14(22)9-18(16)31(27,28)29/h1-9H,(H2,24,25,26)(H,27,28,29). The summed E-state index contributed by atoms with van der Waals surface area (Å²) in [6.45, 7) is 0. The van der Waals surface area contributed by atoms with Gasteiger partial charge in [-0.05, 0) is 54.6 Å². The number of hydrogen-bond acceptors (Lipinski definition) is 4. The van der Waals surface area contributed by atoms with Crippen LogP contribution in [0.5, 0.6) is 11.5 Å². The Morgan fingerprint density at radius 1 is 0.839 bits per heavy atom. The van der Waals surface area contributed by atoms with Crippen molar-refractivity contribution in [2.45, 2.75) is 4.90 Å². The molecule has 0 radical (unpaired) electrons. The molecule has 0 fully saturated rings. The molecule has 3 rings (SSSR count). The van der Waals surface area contributed by atoms with Gasteiger partial charge in [-0.2, -0.15) is 8.42 Å². The molecule has 31 heavy (non-hydrogen) atoms. The summed E-state index contributed by atoms with van der Waals surface area (Å²) in [5.74, 6) is 0.857. The van der Waals surface area contributed by atoms with E-state index in [2.05, 4.69) is 10.6 Å². The maximum Gasteiger partial charge on any atom is 0.323 e. The van der Waals surface area contributed by atoms with Crippen molar-refractivity contribution in [3.8, 4) is 11.5 Å². The third kappa shape index (κ3) is 6.16. The zero-order chi connectivity index (χ0) is 22.8. The van der Waals surface area contributed by atoms with Gasteiger partial charge in [0.15, 0.2) is 0 Å². The predicted molar refractivity (Wildman–Crippen MR) is 122 cm³/mol. The Bertz CT molecular complexity index is 1250. The highest BCUT2D eigenvalue weighted by molar-refractivity contribution is 7.86. The van der Waals surface area contributed by atoms with Crippen LogP contribution in [0.15, 0.2) is 59.5 Å². The van der Waals surface area contributed by atoms with E-state index in [1.165, 1.54) is 18.2 Å². The fraction of sp³-hybridized carbons (Fsp3) is 0. The Morgan fingerprint density at radius 2 is 1.48 bits per heavy atom. The van der Waals surface area contributed by atoms with Gasteiger partial charge in [-0.1, -0.05) is 46.4 Å². The topological polar surface area (TPSA) is 105 Å². The van der Waals surface area contributed by atoms with Crippen molar-refractivity contribution in [1.82, 2.24) is 0 Å². The van der Waals surface area contributed by atoms with Gasteiger partial charge >= 0.3 is 6.03 Å². The van der Waals surface area contributed by atoms with Crippen molar-refractivity contribution < 1.29 is 22.5 Å². The summed E-state index contributed by atoms with van der Waals surface area (Å²) in [4.78, 5) is 11.7. The lowest BCUT2D eigenvalue weighted by atomic mass is 10.3. The minimum absolute atomic E-state index is 0.0175. The molecule has 162 valence electrons. The lowest BCUT2D eigenvalue weighted by Gasteiger charge is -2.13. The summed E-state index contributed by atoms with van der Waals surface area (Å²) in [6.07, 6.45) is 0. The zero-order valence-electron chi connectivity index (χ0n) is 15.2. The normalized spacial score (nSPS) is 11.1. The molecule has 0 spiro atoms. The first-order valence-electron chi connectivity index (χ1n) is 8.30. The summed E-state index contributed by atoms with van der Waals surface area (Å²) in [6, 6.07) is 12.4. The predicted octanol–water partition coefficient (Wildman–Crippen LogP) is 6.98. The van der Waals surface area contributed by atoms with Crippen LogP contribution < -0.4 is 15.4 Å². The summed E-state index contributed by atoms with van der Waals surface area (Å²) >= 11 is 23.7. The fourth-order valence-corrected chi connectivity index (χ4v) is 3.81. The van der Waals surface area contributed by atoms with Crippen molar-refractivity contribution in [3.63, 3.8) is 0 Å².